The third kappa shape index (κ3) is 2.33. The predicted molar refractivity (Wildman–Crippen MR) is 80.8 cm³/mol. The van der Waals surface area contributed by atoms with Gasteiger partial charge >= 0.3 is 5.97 Å². The van der Waals surface area contributed by atoms with Crippen LogP contribution in [0.3, 0.4) is 0 Å². The van der Waals surface area contributed by atoms with Crippen molar-refractivity contribution in [1.29, 1.82) is 0 Å². The summed E-state index contributed by atoms with van der Waals surface area (Å²) in [6.07, 6.45) is 0. The minimum Gasteiger partial charge on any atom is -0.478 e. The molecule has 1 aliphatic heterocycles. The summed E-state index contributed by atoms with van der Waals surface area (Å²) in [5.41, 5.74) is 1.27. The van der Waals surface area contributed by atoms with Crippen molar-refractivity contribution in [2.24, 2.45) is 10.9 Å². The first-order chi connectivity index (χ1) is 9.68. The molecule has 1 aromatic rings. The monoisotopic (exact) mass is 288 g/mol. The number of carbonyl (C=O) groups excluding carboxylic acids is 1. The molecule has 0 bridgehead atoms. The van der Waals surface area contributed by atoms with Crippen molar-refractivity contribution in [2.75, 3.05) is 0 Å². The molecular weight excluding hydrogens is 268 g/mol. The molecule has 0 aliphatic carbocycles. The van der Waals surface area contributed by atoms with E-state index in [2.05, 4.69) is 10.3 Å². The fraction of sp³-hybridized carbons (Fsp3) is 0.438. The first kappa shape index (κ1) is 15.2. The Labute approximate surface area is 124 Å². The third-order valence-electron chi connectivity index (χ3n) is 4.23. The minimum atomic E-state index is -1.01. The second-order valence-corrected chi connectivity index (χ2v) is 5.97. The molecule has 2 N–H and O–H groups in total. The molecule has 1 heterocycles. The van der Waals surface area contributed by atoms with E-state index in [4.69, 9.17) is 0 Å². The van der Waals surface area contributed by atoms with Gasteiger partial charge in [-0.3, -0.25) is 9.79 Å². The van der Waals surface area contributed by atoms with E-state index in [0.29, 0.717) is 17.0 Å². The standard InChI is InChI=1S/C16H20N2O3/c1-8(2)16(5)15(21)17-13(18-16)11-9(3)6-7-10(4)12(11)14(19)20/h6-8H,1-5H3,(H,19,20)(H,17,18,21). The van der Waals surface area contributed by atoms with Gasteiger partial charge in [0.1, 0.15) is 11.4 Å². The van der Waals surface area contributed by atoms with Crippen LogP contribution in [0.2, 0.25) is 0 Å². The number of carboxylic acid groups (broad SMARTS) is 1. The van der Waals surface area contributed by atoms with E-state index < -0.39 is 11.5 Å². The summed E-state index contributed by atoms with van der Waals surface area (Å²) < 4.78 is 0. The molecular formula is C16H20N2O3. The summed E-state index contributed by atoms with van der Waals surface area (Å²) >= 11 is 0. The predicted octanol–water partition coefficient (Wildman–Crippen LogP) is 2.29. The Morgan fingerprint density at radius 2 is 1.86 bits per heavy atom. The summed E-state index contributed by atoms with van der Waals surface area (Å²) in [5, 5.41) is 12.2. The molecule has 112 valence electrons. The van der Waals surface area contributed by atoms with Crippen LogP contribution in [0.25, 0.3) is 0 Å². The molecule has 0 aromatic heterocycles. The number of aromatic carboxylic acids is 1. The SMILES string of the molecule is Cc1ccc(C)c(C2=NC(C)(C(C)C)C(=O)N2)c1C(=O)O. The van der Waals surface area contributed by atoms with E-state index >= 15 is 0 Å². The molecule has 2 rings (SSSR count). The molecule has 0 saturated heterocycles. The fourth-order valence-electron chi connectivity index (χ4n) is 2.45. The van der Waals surface area contributed by atoms with E-state index in [-0.39, 0.29) is 17.4 Å². The van der Waals surface area contributed by atoms with Gasteiger partial charge in [-0.25, -0.2) is 4.79 Å². The zero-order valence-electron chi connectivity index (χ0n) is 12.9. The Morgan fingerprint density at radius 3 is 2.33 bits per heavy atom. The van der Waals surface area contributed by atoms with Crippen LogP contribution in [0.4, 0.5) is 0 Å². The number of amides is 1. The van der Waals surface area contributed by atoms with E-state index in [9.17, 15) is 14.7 Å². The van der Waals surface area contributed by atoms with Gasteiger partial charge in [-0.15, -0.1) is 0 Å². The number of amidine groups is 1. The number of aryl methyl sites for hydroxylation is 2. The molecule has 1 amide bonds. The fourth-order valence-corrected chi connectivity index (χ4v) is 2.45. The lowest BCUT2D eigenvalue weighted by molar-refractivity contribution is -0.124. The molecule has 1 aliphatic rings. The van der Waals surface area contributed by atoms with Gasteiger partial charge < -0.3 is 10.4 Å². The molecule has 0 saturated carbocycles. The number of benzene rings is 1. The smallest absolute Gasteiger partial charge is 0.336 e. The van der Waals surface area contributed by atoms with Gasteiger partial charge in [0.25, 0.3) is 5.91 Å². The summed E-state index contributed by atoms with van der Waals surface area (Å²) in [6.45, 7) is 9.18. The second kappa shape index (κ2) is 4.98. The van der Waals surface area contributed by atoms with Crippen molar-refractivity contribution in [3.05, 3.63) is 34.4 Å². The van der Waals surface area contributed by atoms with Gasteiger partial charge in [0.2, 0.25) is 0 Å². The molecule has 21 heavy (non-hydrogen) atoms. The molecule has 1 unspecified atom stereocenters. The highest BCUT2D eigenvalue weighted by atomic mass is 16.4. The molecule has 0 radical (unpaired) electrons. The van der Waals surface area contributed by atoms with Crippen molar-refractivity contribution in [2.45, 2.75) is 40.2 Å². The number of hydrogen-bond donors (Lipinski definition) is 2. The maximum Gasteiger partial charge on any atom is 0.336 e. The third-order valence-corrected chi connectivity index (χ3v) is 4.23. The van der Waals surface area contributed by atoms with Gasteiger partial charge in [0.15, 0.2) is 0 Å². The van der Waals surface area contributed by atoms with Crippen LogP contribution in [0, 0.1) is 19.8 Å². The largest absolute Gasteiger partial charge is 0.478 e. The van der Waals surface area contributed by atoms with Crippen LogP contribution in [-0.4, -0.2) is 28.4 Å². The molecule has 0 fully saturated rings. The maximum absolute atomic E-state index is 12.2. The number of carbonyl (C=O) groups is 2. The van der Waals surface area contributed by atoms with E-state index in [1.54, 1.807) is 19.9 Å². The van der Waals surface area contributed by atoms with Crippen molar-refractivity contribution < 1.29 is 14.7 Å². The first-order valence-corrected chi connectivity index (χ1v) is 6.93. The van der Waals surface area contributed by atoms with E-state index in [1.807, 2.05) is 26.8 Å². The lowest BCUT2D eigenvalue weighted by atomic mass is 9.89. The molecule has 5 heteroatoms. The van der Waals surface area contributed by atoms with Gasteiger partial charge in [0.05, 0.1) is 5.56 Å². The molecule has 5 nitrogen and oxygen atoms in total. The Balaban J connectivity index is 2.67. The number of nitrogens with one attached hydrogen (secondary N) is 1. The number of carboxylic acids is 1. The number of rotatable bonds is 3. The summed E-state index contributed by atoms with van der Waals surface area (Å²) in [4.78, 5) is 28.3. The molecule has 1 atom stereocenters. The number of nitrogens with zero attached hydrogens (tertiary/aromatic N) is 1. The topological polar surface area (TPSA) is 78.8 Å². The Kier molecular flexibility index (Phi) is 3.61. The molecule has 0 spiro atoms. The van der Waals surface area contributed by atoms with Gasteiger partial charge in [-0.1, -0.05) is 26.0 Å². The quantitative estimate of drug-likeness (QED) is 0.895. The second-order valence-electron chi connectivity index (χ2n) is 5.97. The van der Waals surface area contributed by atoms with Crippen LogP contribution in [0.1, 0.15) is 47.8 Å². The van der Waals surface area contributed by atoms with Crippen molar-refractivity contribution in [3.8, 4) is 0 Å². The Bertz CT molecular complexity index is 662. The Hall–Kier alpha value is -2.17. The minimum absolute atomic E-state index is 0.0217. The summed E-state index contributed by atoms with van der Waals surface area (Å²) in [5.74, 6) is -0.825. The first-order valence-electron chi connectivity index (χ1n) is 6.93. The van der Waals surface area contributed by atoms with E-state index in [0.717, 1.165) is 5.56 Å². The number of hydrogen-bond acceptors (Lipinski definition) is 3. The van der Waals surface area contributed by atoms with Crippen molar-refractivity contribution in [1.82, 2.24) is 5.32 Å². The van der Waals surface area contributed by atoms with Crippen LogP contribution in [0.5, 0.6) is 0 Å². The van der Waals surface area contributed by atoms with Gasteiger partial charge in [-0.05, 0) is 37.8 Å². The van der Waals surface area contributed by atoms with E-state index in [1.165, 1.54) is 0 Å². The van der Waals surface area contributed by atoms with Crippen LogP contribution in [0.15, 0.2) is 17.1 Å². The maximum atomic E-state index is 12.2. The van der Waals surface area contributed by atoms with Crippen molar-refractivity contribution in [3.63, 3.8) is 0 Å². The highest BCUT2D eigenvalue weighted by Gasteiger charge is 2.43. The zero-order valence-corrected chi connectivity index (χ0v) is 12.9. The van der Waals surface area contributed by atoms with Crippen molar-refractivity contribution >= 4 is 17.7 Å². The van der Waals surface area contributed by atoms with Crippen LogP contribution >= 0.6 is 0 Å². The summed E-state index contributed by atoms with van der Waals surface area (Å²) in [7, 11) is 0. The van der Waals surface area contributed by atoms with Gasteiger partial charge in [0, 0.05) is 5.56 Å². The lowest BCUT2D eigenvalue weighted by Gasteiger charge is -2.21. The van der Waals surface area contributed by atoms with Crippen LogP contribution in [-0.2, 0) is 4.79 Å². The summed E-state index contributed by atoms with van der Waals surface area (Å²) in [6, 6.07) is 3.61. The molecule has 1 aromatic carbocycles. The number of aliphatic imine (C=N–C) groups is 1. The average molecular weight is 288 g/mol. The highest BCUT2D eigenvalue weighted by molar-refractivity contribution is 6.19. The average Bonchev–Trinajstić information content (AvgIpc) is 2.68. The highest BCUT2D eigenvalue weighted by Crippen LogP contribution is 2.29. The Morgan fingerprint density at radius 1 is 1.29 bits per heavy atom. The van der Waals surface area contributed by atoms with Crippen LogP contribution < -0.4 is 5.32 Å². The normalized spacial score (nSPS) is 21.4. The lowest BCUT2D eigenvalue weighted by Crippen LogP contribution is -2.41. The van der Waals surface area contributed by atoms with Gasteiger partial charge in [-0.2, -0.15) is 0 Å². The zero-order chi connectivity index (χ0) is 15.9.